The van der Waals surface area contributed by atoms with Crippen LogP contribution in [0.1, 0.15) is 59.8 Å². The largest absolute Gasteiger partial charge is 0.311 e. The first-order valence-corrected chi connectivity index (χ1v) is 6.47. The van der Waals surface area contributed by atoms with Gasteiger partial charge >= 0.3 is 0 Å². The Bertz CT molecular complexity index is 159. The van der Waals surface area contributed by atoms with Gasteiger partial charge in [-0.05, 0) is 37.6 Å². The lowest BCUT2D eigenvalue weighted by Gasteiger charge is -2.49. The van der Waals surface area contributed by atoms with E-state index in [4.69, 9.17) is 0 Å². The van der Waals surface area contributed by atoms with E-state index in [1.807, 2.05) is 13.8 Å². The van der Waals surface area contributed by atoms with Gasteiger partial charge in [0.2, 0.25) is 0 Å². The van der Waals surface area contributed by atoms with Gasteiger partial charge < -0.3 is 5.32 Å². The van der Waals surface area contributed by atoms with Crippen LogP contribution in [0.2, 0.25) is 0 Å². The molecule has 14 heavy (non-hydrogen) atoms. The van der Waals surface area contributed by atoms with E-state index in [0.29, 0.717) is 5.54 Å². The minimum atomic E-state index is 0.604. The van der Waals surface area contributed by atoms with Gasteiger partial charge in [-0.25, -0.2) is 0 Å². The third-order valence-corrected chi connectivity index (χ3v) is 3.93. The average molecular weight is 197 g/mol. The second kappa shape index (κ2) is 5.16. The molecule has 2 rings (SSSR count). The molecule has 2 unspecified atom stereocenters. The Labute approximate surface area is 89.7 Å². The van der Waals surface area contributed by atoms with Gasteiger partial charge in [0.05, 0.1) is 0 Å². The molecule has 1 aliphatic heterocycles. The van der Waals surface area contributed by atoms with E-state index < -0.39 is 0 Å². The molecule has 0 aromatic carbocycles. The maximum absolute atomic E-state index is 3.65. The summed E-state index contributed by atoms with van der Waals surface area (Å²) in [4.78, 5) is 0. The monoisotopic (exact) mass is 197 g/mol. The molecule has 1 N–H and O–H groups in total. The van der Waals surface area contributed by atoms with E-state index >= 15 is 0 Å². The van der Waals surface area contributed by atoms with Gasteiger partial charge in [0.1, 0.15) is 0 Å². The fourth-order valence-electron chi connectivity index (χ4n) is 2.84. The van der Waals surface area contributed by atoms with Crippen molar-refractivity contribution < 1.29 is 0 Å². The Kier molecular flexibility index (Phi) is 4.43. The minimum absolute atomic E-state index is 0.604. The van der Waals surface area contributed by atoms with Crippen LogP contribution in [0.25, 0.3) is 0 Å². The minimum Gasteiger partial charge on any atom is -0.311 e. The summed E-state index contributed by atoms with van der Waals surface area (Å²) in [5, 5.41) is 3.65. The van der Waals surface area contributed by atoms with Crippen molar-refractivity contribution in [2.45, 2.75) is 65.3 Å². The Morgan fingerprint density at radius 2 is 1.86 bits per heavy atom. The molecule has 0 radical (unpaired) electrons. The first kappa shape index (κ1) is 12.0. The van der Waals surface area contributed by atoms with Crippen molar-refractivity contribution in [1.82, 2.24) is 5.32 Å². The quantitative estimate of drug-likeness (QED) is 0.677. The highest BCUT2D eigenvalue weighted by molar-refractivity contribution is 5.00. The highest BCUT2D eigenvalue weighted by Gasteiger charge is 2.41. The van der Waals surface area contributed by atoms with Crippen molar-refractivity contribution in [3.63, 3.8) is 0 Å². The van der Waals surface area contributed by atoms with Crippen LogP contribution in [-0.4, -0.2) is 12.1 Å². The van der Waals surface area contributed by atoms with Crippen LogP contribution >= 0.6 is 0 Å². The third kappa shape index (κ3) is 2.50. The molecule has 1 heterocycles. The van der Waals surface area contributed by atoms with E-state index in [1.54, 1.807) is 0 Å². The second-order valence-electron chi connectivity index (χ2n) is 5.06. The standard InChI is InChI=1S/C11H21N.C2H6/c1-9(2)10-4-3-5-11(8-10)6-7-12-11;1-2/h9-10,12H,3-8H2,1-2H3;1-2H3. The van der Waals surface area contributed by atoms with E-state index in [9.17, 15) is 0 Å². The third-order valence-electron chi connectivity index (χ3n) is 3.93. The Morgan fingerprint density at radius 1 is 1.21 bits per heavy atom. The number of hydrogen-bond donors (Lipinski definition) is 1. The molecule has 2 fully saturated rings. The van der Waals surface area contributed by atoms with Crippen molar-refractivity contribution in [3.8, 4) is 0 Å². The summed E-state index contributed by atoms with van der Waals surface area (Å²) in [6.07, 6.45) is 7.26. The molecule has 2 atom stereocenters. The van der Waals surface area contributed by atoms with Gasteiger partial charge in [0.25, 0.3) is 0 Å². The Balaban J connectivity index is 0.000000461. The summed E-state index contributed by atoms with van der Waals surface area (Å²) >= 11 is 0. The van der Waals surface area contributed by atoms with Crippen molar-refractivity contribution in [1.29, 1.82) is 0 Å². The maximum atomic E-state index is 3.65. The molecule has 1 aliphatic carbocycles. The van der Waals surface area contributed by atoms with Crippen molar-refractivity contribution in [2.24, 2.45) is 11.8 Å². The summed E-state index contributed by atoms with van der Waals surface area (Å²) in [5.41, 5.74) is 0.604. The summed E-state index contributed by atoms with van der Waals surface area (Å²) in [7, 11) is 0. The van der Waals surface area contributed by atoms with Crippen molar-refractivity contribution >= 4 is 0 Å². The normalized spacial score (nSPS) is 36.2. The lowest BCUT2D eigenvalue weighted by atomic mass is 9.67. The van der Waals surface area contributed by atoms with Crippen LogP contribution in [0.15, 0.2) is 0 Å². The molecule has 1 saturated heterocycles. The maximum Gasteiger partial charge on any atom is 0.0196 e. The predicted octanol–water partition coefficient (Wildman–Crippen LogP) is 3.59. The van der Waals surface area contributed by atoms with Gasteiger partial charge in [-0.1, -0.05) is 40.5 Å². The molecule has 0 bridgehead atoms. The molecular weight excluding hydrogens is 170 g/mol. The van der Waals surface area contributed by atoms with Gasteiger partial charge in [-0.15, -0.1) is 0 Å². The lowest BCUT2D eigenvalue weighted by Crippen LogP contribution is -2.59. The number of rotatable bonds is 1. The van der Waals surface area contributed by atoms with E-state index in [0.717, 1.165) is 11.8 Å². The topological polar surface area (TPSA) is 12.0 Å². The molecule has 1 spiro atoms. The smallest absolute Gasteiger partial charge is 0.0196 e. The van der Waals surface area contributed by atoms with E-state index in [-0.39, 0.29) is 0 Å². The van der Waals surface area contributed by atoms with Crippen LogP contribution < -0.4 is 5.32 Å². The molecule has 0 aromatic heterocycles. The van der Waals surface area contributed by atoms with Gasteiger partial charge in [-0.3, -0.25) is 0 Å². The summed E-state index contributed by atoms with van der Waals surface area (Å²) in [6.45, 7) is 10.0. The zero-order chi connectivity index (χ0) is 10.6. The van der Waals surface area contributed by atoms with Crippen LogP contribution in [0.5, 0.6) is 0 Å². The van der Waals surface area contributed by atoms with Crippen molar-refractivity contribution in [3.05, 3.63) is 0 Å². The molecule has 1 saturated carbocycles. The first-order valence-electron chi connectivity index (χ1n) is 6.47. The van der Waals surface area contributed by atoms with Crippen LogP contribution in [0, 0.1) is 11.8 Å². The highest BCUT2D eigenvalue weighted by Crippen LogP contribution is 2.41. The molecule has 0 amide bonds. The number of nitrogens with one attached hydrogen (secondary N) is 1. The SMILES string of the molecule is CC.CC(C)C1CCCC2(CCN2)C1. The van der Waals surface area contributed by atoms with Crippen LogP contribution in [0.3, 0.4) is 0 Å². The zero-order valence-corrected chi connectivity index (χ0v) is 10.4. The highest BCUT2D eigenvalue weighted by atomic mass is 15.0. The summed E-state index contributed by atoms with van der Waals surface area (Å²) in [6, 6.07) is 0. The Hall–Kier alpha value is -0.0400. The summed E-state index contributed by atoms with van der Waals surface area (Å²) in [5.74, 6) is 1.89. The van der Waals surface area contributed by atoms with E-state index in [2.05, 4.69) is 19.2 Å². The first-order chi connectivity index (χ1) is 6.72. The Morgan fingerprint density at radius 3 is 2.29 bits per heavy atom. The second-order valence-corrected chi connectivity index (χ2v) is 5.06. The summed E-state index contributed by atoms with van der Waals surface area (Å²) < 4.78 is 0. The van der Waals surface area contributed by atoms with Gasteiger partial charge in [0, 0.05) is 5.54 Å². The van der Waals surface area contributed by atoms with Gasteiger partial charge in [-0.2, -0.15) is 0 Å². The fraction of sp³-hybridized carbons (Fsp3) is 1.00. The van der Waals surface area contributed by atoms with Gasteiger partial charge in [0.15, 0.2) is 0 Å². The fourth-order valence-corrected chi connectivity index (χ4v) is 2.84. The molecule has 1 heteroatoms. The molecule has 1 nitrogen and oxygen atoms in total. The lowest BCUT2D eigenvalue weighted by molar-refractivity contribution is 0.0891. The molecule has 84 valence electrons. The molecule has 2 aliphatic rings. The molecular formula is C13H27N. The predicted molar refractivity (Wildman–Crippen MR) is 63.5 cm³/mol. The van der Waals surface area contributed by atoms with Crippen molar-refractivity contribution in [2.75, 3.05) is 6.54 Å². The zero-order valence-electron chi connectivity index (χ0n) is 10.4. The van der Waals surface area contributed by atoms with E-state index in [1.165, 1.54) is 38.6 Å². The van der Waals surface area contributed by atoms with Crippen LogP contribution in [0.4, 0.5) is 0 Å². The molecule has 0 aromatic rings. The number of hydrogen-bond acceptors (Lipinski definition) is 1. The van der Waals surface area contributed by atoms with Crippen LogP contribution in [-0.2, 0) is 0 Å². The average Bonchev–Trinajstić information content (AvgIpc) is 2.19.